The summed E-state index contributed by atoms with van der Waals surface area (Å²) in [6, 6.07) is 17.8. The summed E-state index contributed by atoms with van der Waals surface area (Å²) in [7, 11) is 0. The highest BCUT2D eigenvalue weighted by molar-refractivity contribution is 5.84. The highest BCUT2D eigenvalue weighted by Gasteiger charge is 2.16. The van der Waals surface area contributed by atoms with Gasteiger partial charge in [-0.1, -0.05) is 42.5 Å². The minimum Gasteiger partial charge on any atom is -0.455 e. The molecule has 2 aromatic carbocycles. The molecule has 3 aromatic rings. The minimum absolute atomic E-state index is 0.0405. The summed E-state index contributed by atoms with van der Waals surface area (Å²) < 4.78 is 5.55. The van der Waals surface area contributed by atoms with Gasteiger partial charge >= 0.3 is 0 Å². The van der Waals surface area contributed by atoms with Gasteiger partial charge in [-0.15, -0.1) is 0 Å². The van der Waals surface area contributed by atoms with Gasteiger partial charge < -0.3 is 9.52 Å². The number of aliphatic hydroxyl groups is 1. The van der Waals surface area contributed by atoms with Crippen molar-refractivity contribution < 1.29 is 19.2 Å². The van der Waals surface area contributed by atoms with Crippen LogP contribution in [0.4, 0.5) is 5.69 Å². The fourth-order valence-corrected chi connectivity index (χ4v) is 2.36. The molecule has 0 aliphatic heterocycles. The Morgan fingerprint density at radius 3 is 2.67 bits per heavy atom. The van der Waals surface area contributed by atoms with Crippen LogP contribution >= 0.6 is 0 Å². The second-order valence-electron chi connectivity index (χ2n) is 5.56. The van der Waals surface area contributed by atoms with E-state index in [9.17, 15) is 20.0 Å². The van der Waals surface area contributed by atoms with Crippen molar-refractivity contribution in [1.82, 2.24) is 5.43 Å². The van der Waals surface area contributed by atoms with Crippen LogP contribution in [0, 0.1) is 10.1 Å². The highest BCUT2D eigenvalue weighted by atomic mass is 16.6. The van der Waals surface area contributed by atoms with Crippen LogP contribution in [-0.2, 0) is 4.79 Å². The van der Waals surface area contributed by atoms with E-state index in [1.54, 1.807) is 54.6 Å². The number of aliphatic hydroxyl groups excluding tert-OH is 1. The van der Waals surface area contributed by atoms with Crippen molar-refractivity contribution in [2.24, 2.45) is 5.10 Å². The predicted octanol–water partition coefficient (Wildman–Crippen LogP) is 3.04. The molecule has 0 radical (unpaired) electrons. The number of nitrogens with one attached hydrogen (secondary N) is 1. The fourth-order valence-electron chi connectivity index (χ4n) is 2.36. The van der Waals surface area contributed by atoms with E-state index in [0.29, 0.717) is 22.6 Å². The smallest absolute Gasteiger partial charge is 0.273 e. The van der Waals surface area contributed by atoms with Crippen molar-refractivity contribution in [3.8, 4) is 11.3 Å². The second kappa shape index (κ2) is 8.07. The summed E-state index contributed by atoms with van der Waals surface area (Å²) in [6.45, 7) is 0. The molecule has 2 N–H and O–H groups in total. The normalized spacial score (nSPS) is 12.0. The lowest BCUT2D eigenvalue weighted by Gasteiger charge is -2.08. The Morgan fingerprint density at radius 2 is 1.93 bits per heavy atom. The number of rotatable bonds is 6. The SMILES string of the molecule is O=C(NN=Cc1ccc(-c2cccc([N+](=O)[O-])c2)o1)C(O)c1ccccc1. The number of benzene rings is 2. The Morgan fingerprint density at radius 1 is 1.15 bits per heavy atom. The average molecular weight is 365 g/mol. The zero-order valence-electron chi connectivity index (χ0n) is 14.0. The first-order chi connectivity index (χ1) is 13.0. The molecular formula is C19H15N3O5. The summed E-state index contributed by atoms with van der Waals surface area (Å²) >= 11 is 0. The third-order valence-corrected chi connectivity index (χ3v) is 3.70. The van der Waals surface area contributed by atoms with E-state index in [1.807, 2.05) is 0 Å². The molecule has 0 bridgehead atoms. The lowest BCUT2D eigenvalue weighted by molar-refractivity contribution is -0.384. The lowest BCUT2D eigenvalue weighted by Crippen LogP contribution is -2.25. The quantitative estimate of drug-likeness (QED) is 0.395. The number of hydrogen-bond donors (Lipinski definition) is 2. The van der Waals surface area contributed by atoms with E-state index in [1.165, 1.54) is 18.3 Å². The maximum Gasteiger partial charge on any atom is 0.273 e. The van der Waals surface area contributed by atoms with Gasteiger partial charge in [0, 0.05) is 17.7 Å². The molecule has 1 heterocycles. The van der Waals surface area contributed by atoms with Crippen molar-refractivity contribution in [1.29, 1.82) is 0 Å². The van der Waals surface area contributed by atoms with Crippen LogP contribution in [0.25, 0.3) is 11.3 Å². The number of carbonyl (C=O) groups is 1. The van der Waals surface area contributed by atoms with Crippen LogP contribution in [0.15, 0.2) is 76.2 Å². The topological polar surface area (TPSA) is 118 Å². The largest absolute Gasteiger partial charge is 0.455 e. The first-order valence-corrected chi connectivity index (χ1v) is 7.95. The van der Waals surface area contributed by atoms with E-state index in [-0.39, 0.29) is 5.69 Å². The van der Waals surface area contributed by atoms with E-state index >= 15 is 0 Å². The number of hydrazone groups is 1. The number of nitrogens with zero attached hydrogens (tertiary/aromatic N) is 2. The number of non-ortho nitro benzene ring substituents is 1. The van der Waals surface area contributed by atoms with E-state index in [2.05, 4.69) is 10.5 Å². The van der Waals surface area contributed by atoms with E-state index in [0.717, 1.165) is 0 Å². The van der Waals surface area contributed by atoms with Gasteiger partial charge in [-0.25, -0.2) is 5.43 Å². The molecular weight excluding hydrogens is 350 g/mol. The zero-order chi connectivity index (χ0) is 19.2. The van der Waals surface area contributed by atoms with Gasteiger partial charge in [-0.2, -0.15) is 5.10 Å². The molecule has 8 heteroatoms. The van der Waals surface area contributed by atoms with Crippen molar-refractivity contribution >= 4 is 17.8 Å². The molecule has 27 heavy (non-hydrogen) atoms. The molecule has 8 nitrogen and oxygen atoms in total. The predicted molar refractivity (Wildman–Crippen MR) is 97.9 cm³/mol. The molecule has 0 aliphatic rings. The molecule has 3 rings (SSSR count). The number of furan rings is 1. The molecule has 0 saturated carbocycles. The third kappa shape index (κ3) is 4.44. The van der Waals surface area contributed by atoms with Gasteiger partial charge in [-0.3, -0.25) is 14.9 Å². The first-order valence-electron chi connectivity index (χ1n) is 7.95. The Balaban J connectivity index is 1.64. The van der Waals surface area contributed by atoms with E-state index in [4.69, 9.17) is 4.42 Å². The van der Waals surface area contributed by atoms with Crippen molar-refractivity contribution in [3.05, 3.63) is 88.2 Å². The molecule has 1 aromatic heterocycles. The average Bonchev–Trinajstić information content (AvgIpc) is 3.17. The summed E-state index contributed by atoms with van der Waals surface area (Å²) in [4.78, 5) is 22.3. The summed E-state index contributed by atoms with van der Waals surface area (Å²) in [6.07, 6.45) is -0.0587. The van der Waals surface area contributed by atoms with Crippen molar-refractivity contribution in [3.63, 3.8) is 0 Å². The Labute approximate surface area is 153 Å². The maximum atomic E-state index is 11.9. The molecule has 136 valence electrons. The van der Waals surface area contributed by atoms with Gasteiger partial charge in [0.25, 0.3) is 11.6 Å². The molecule has 1 unspecified atom stereocenters. The van der Waals surface area contributed by atoms with Crippen LogP contribution < -0.4 is 5.43 Å². The summed E-state index contributed by atoms with van der Waals surface area (Å²) in [5.74, 6) is 0.0877. The maximum absolute atomic E-state index is 11.9. The Bertz CT molecular complexity index is 982. The summed E-state index contributed by atoms with van der Waals surface area (Å²) in [5, 5.41) is 24.5. The van der Waals surface area contributed by atoms with Gasteiger partial charge in [0.2, 0.25) is 0 Å². The molecule has 0 spiro atoms. The molecule has 0 saturated heterocycles. The number of carbonyl (C=O) groups excluding carboxylic acids is 1. The van der Waals surface area contributed by atoms with Gasteiger partial charge in [0.15, 0.2) is 6.10 Å². The number of nitro groups is 1. The summed E-state index contributed by atoms with van der Waals surface area (Å²) in [5.41, 5.74) is 3.20. The van der Waals surface area contributed by atoms with Crippen LogP contribution in [0.3, 0.4) is 0 Å². The lowest BCUT2D eigenvalue weighted by atomic mass is 10.1. The molecule has 0 aliphatic carbocycles. The second-order valence-corrected chi connectivity index (χ2v) is 5.56. The monoisotopic (exact) mass is 365 g/mol. The number of nitro benzene ring substituents is 1. The first kappa shape index (κ1) is 18.0. The number of hydrogen-bond acceptors (Lipinski definition) is 6. The van der Waals surface area contributed by atoms with Crippen LogP contribution in [0.5, 0.6) is 0 Å². The van der Waals surface area contributed by atoms with Crippen LogP contribution in [0.1, 0.15) is 17.4 Å². The zero-order valence-corrected chi connectivity index (χ0v) is 14.0. The van der Waals surface area contributed by atoms with Gasteiger partial charge in [0.05, 0.1) is 11.1 Å². The van der Waals surface area contributed by atoms with E-state index < -0.39 is 16.9 Å². The van der Waals surface area contributed by atoms with Crippen molar-refractivity contribution in [2.45, 2.75) is 6.10 Å². The Hall–Kier alpha value is -3.78. The minimum atomic E-state index is -1.33. The molecule has 1 atom stereocenters. The van der Waals surface area contributed by atoms with Gasteiger partial charge in [0.1, 0.15) is 11.5 Å². The number of amides is 1. The van der Waals surface area contributed by atoms with Crippen LogP contribution in [-0.4, -0.2) is 22.2 Å². The Kier molecular flexibility index (Phi) is 5.38. The molecule has 0 fully saturated rings. The van der Waals surface area contributed by atoms with Gasteiger partial charge in [-0.05, 0) is 17.7 Å². The third-order valence-electron chi connectivity index (χ3n) is 3.70. The molecule has 1 amide bonds. The van der Waals surface area contributed by atoms with Crippen molar-refractivity contribution in [2.75, 3.05) is 0 Å². The van der Waals surface area contributed by atoms with Crippen LogP contribution in [0.2, 0.25) is 0 Å². The standard InChI is InChI=1S/C19H15N3O5/c23-18(13-5-2-1-3-6-13)19(24)21-20-12-16-9-10-17(27-16)14-7-4-8-15(11-14)22(25)26/h1-12,18,23H,(H,21,24). The fraction of sp³-hybridized carbons (Fsp3) is 0.0526. The highest BCUT2D eigenvalue weighted by Crippen LogP contribution is 2.25.